The van der Waals surface area contributed by atoms with E-state index >= 15 is 0 Å². The highest BCUT2D eigenvalue weighted by molar-refractivity contribution is 8.13. The first-order valence-corrected chi connectivity index (χ1v) is 5.86. The Morgan fingerprint density at radius 2 is 1.80 bits per heavy atom. The molecule has 3 nitrogen and oxygen atoms in total. The zero-order valence-electron chi connectivity index (χ0n) is 9.16. The second-order valence-corrected chi connectivity index (χ2v) is 4.25. The van der Waals surface area contributed by atoms with E-state index in [-0.39, 0.29) is 5.17 Å². The topological polar surface area (TPSA) is 53.1 Å². The predicted molar refractivity (Wildman–Crippen MR) is 67.8 cm³/mol. The van der Waals surface area contributed by atoms with Gasteiger partial charge in [0.05, 0.1) is 0 Å². The number of hydrogen-bond donors (Lipinski definition) is 2. The fourth-order valence-electron chi connectivity index (χ4n) is 1.44. The van der Waals surface area contributed by atoms with Gasteiger partial charge in [-0.15, -0.1) is 0 Å². The number of benzene rings is 1. The summed E-state index contributed by atoms with van der Waals surface area (Å²) < 4.78 is 0. The fraction of sp³-hybridized carbons (Fsp3) is 0.364. The van der Waals surface area contributed by atoms with E-state index in [4.69, 9.17) is 11.1 Å². The van der Waals surface area contributed by atoms with Crippen LogP contribution < -0.4 is 10.6 Å². The maximum absolute atomic E-state index is 7.17. The van der Waals surface area contributed by atoms with E-state index in [1.807, 2.05) is 12.1 Å². The Balaban J connectivity index is 2.75. The van der Waals surface area contributed by atoms with Crippen LogP contribution in [0.1, 0.15) is 13.8 Å². The minimum atomic E-state index is 0.130. The highest BCUT2D eigenvalue weighted by Crippen LogP contribution is 2.21. The molecule has 1 rings (SSSR count). The molecule has 0 saturated heterocycles. The Kier molecular flexibility index (Phi) is 4.49. The van der Waals surface area contributed by atoms with E-state index in [0.29, 0.717) is 0 Å². The van der Waals surface area contributed by atoms with Gasteiger partial charge in [0.25, 0.3) is 0 Å². The number of anilines is 1. The number of nitrogens with zero attached hydrogens (tertiary/aromatic N) is 1. The molecule has 0 radical (unpaired) electrons. The lowest BCUT2D eigenvalue weighted by Gasteiger charge is -2.20. The average molecular weight is 223 g/mol. The third-order valence-electron chi connectivity index (χ3n) is 2.19. The van der Waals surface area contributed by atoms with Gasteiger partial charge in [-0.05, 0) is 38.1 Å². The molecular weight excluding hydrogens is 206 g/mol. The van der Waals surface area contributed by atoms with Crippen LogP contribution in [0.2, 0.25) is 0 Å². The second-order valence-electron chi connectivity index (χ2n) is 3.13. The molecule has 1 aromatic rings. The first kappa shape index (κ1) is 11.9. The summed E-state index contributed by atoms with van der Waals surface area (Å²) in [5.74, 6) is 0. The van der Waals surface area contributed by atoms with Crippen molar-refractivity contribution in [1.29, 1.82) is 5.41 Å². The highest BCUT2D eigenvalue weighted by Gasteiger charge is 2.01. The van der Waals surface area contributed by atoms with Gasteiger partial charge in [-0.25, -0.2) is 0 Å². The van der Waals surface area contributed by atoms with Crippen LogP contribution in [-0.4, -0.2) is 18.3 Å². The van der Waals surface area contributed by atoms with Gasteiger partial charge >= 0.3 is 0 Å². The summed E-state index contributed by atoms with van der Waals surface area (Å²) in [6, 6.07) is 8.13. The van der Waals surface area contributed by atoms with Gasteiger partial charge in [0.15, 0.2) is 5.17 Å². The van der Waals surface area contributed by atoms with Crippen LogP contribution in [-0.2, 0) is 0 Å². The SMILES string of the molecule is CCN(CC)c1ccc(SC(=N)N)cc1. The van der Waals surface area contributed by atoms with Crippen LogP contribution in [0.5, 0.6) is 0 Å². The van der Waals surface area contributed by atoms with Gasteiger partial charge in [-0.1, -0.05) is 11.8 Å². The van der Waals surface area contributed by atoms with Crippen molar-refractivity contribution in [1.82, 2.24) is 0 Å². The lowest BCUT2D eigenvalue weighted by atomic mass is 10.3. The van der Waals surface area contributed by atoms with Crippen LogP contribution in [0.4, 0.5) is 5.69 Å². The number of hydrogen-bond acceptors (Lipinski definition) is 3. The van der Waals surface area contributed by atoms with Crippen molar-refractivity contribution in [3.8, 4) is 0 Å². The van der Waals surface area contributed by atoms with Crippen molar-refractivity contribution >= 4 is 22.6 Å². The van der Waals surface area contributed by atoms with Gasteiger partial charge in [-0.3, -0.25) is 5.41 Å². The van der Waals surface area contributed by atoms with Gasteiger partial charge in [0.2, 0.25) is 0 Å². The summed E-state index contributed by atoms with van der Waals surface area (Å²) in [4.78, 5) is 3.29. The maximum Gasteiger partial charge on any atom is 0.155 e. The molecule has 0 aliphatic rings. The predicted octanol–water partition coefficient (Wildman–Crippen LogP) is 2.52. The lowest BCUT2D eigenvalue weighted by Crippen LogP contribution is -2.21. The van der Waals surface area contributed by atoms with Crippen LogP contribution in [0, 0.1) is 5.41 Å². The molecule has 0 aromatic heterocycles. The van der Waals surface area contributed by atoms with E-state index in [0.717, 1.165) is 18.0 Å². The summed E-state index contributed by atoms with van der Waals surface area (Å²) in [5.41, 5.74) is 6.53. The zero-order valence-corrected chi connectivity index (χ0v) is 9.97. The molecule has 0 atom stereocenters. The smallest absolute Gasteiger partial charge is 0.155 e. The summed E-state index contributed by atoms with van der Waals surface area (Å²) in [5, 5.41) is 7.30. The van der Waals surface area contributed by atoms with Crippen molar-refractivity contribution in [2.45, 2.75) is 18.7 Å². The number of nitrogens with one attached hydrogen (secondary N) is 1. The number of amidine groups is 1. The van der Waals surface area contributed by atoms with E-state index in [9.17, 15) is 0 Å². The Hall–Kier alpha value is -1.16. The zero-order chi connectivity index (χ0) is 11.3. The first-order chi connectivity index (χ1) is 7.17. The van der Waals surface area contributed by atoms with Gasteiger partial charge in [0, 0.05) is 23.7 Å². The van der Waals surface area contributed by atoms with Gasteiger partial charge < -0.3 is 10.6 Å². The lowest BCUT2D eigenvalue weighted by molar-refractivity contribution is 0.865. The minimum Gasteiger partial charge on any atom is -0.378 e. The fourth-order valence-corrected chi connectivity index (χ4v) is 1.97. The number of rotatable bonds is 4. The standard InChI is InChI=1S/C11H17N3S/c1-3-14(4-2)9-5-7-10(8-6-9)15-11(12)13/h5-8H,3-4H2,1-2H3,(H3,12,13). The summed E-state index contributed by atoms with van der Waals surface area (Å²) in [6.07, 6.45) is 0. The van der Waals surface area contributed by atoms with Crippen LogP contribution in [0.25, 0.3) is 0 Å². The third-order valence-corrected chi connectivity index (χ3v) is 2.92. The number of nitrogens with two attached hydrogens (primary N) is 1. The maximum atomic E-state index is 7.17. The van der Waals surface area contributed by atoms with Crippen molar-refractivity contribution in [2.75, 3.05) is 18.0 Å². The Labute approximate surface area is 95.2 Å². The molecule has 82 valence electrons. The first-order valence-electron chi connectivity index (χ1n) is 5.04. The molecule has 0 heterocycles. The Morgan fingerprint density at radius 1 is 1.27 bits per heavy atom. The summed E-state index contributed by atoms with van der Waals surface area (Å²) in [7, 11) is 0. The Morgan fingerprint density at radius 3 is 2.20 bits per heavy atom. The molecule has 3 N–H and O–H groups in total. The Bertz CT molecular complexity index is 317. The molecule has 0 unspecified atom stereocenters. The van der Waals surface area contributed by atoms with Crippen molar-refractivity contribution < 1.29 is 0 Å². The van der Waals surface area contributed by atoms with Crippen LogP contribution in [0.3, 0.4) is 0 Å². The van der Waals surface area contributed by atoms with Crippen molar-refractivity contribution in [2.24, 2.45) is 5.73 Å². The molecular formula is C11H17N3S. The van der Waals surface area contributed by atoms with Crippen molar-refractivity contribution in [3.63, 3.8) is 0 Å². The third kappa shape index (κ3) is 3.47. The van der Waals surface area contributed by atoms with E-state index in [2.05, 4.69) is 30.9 Å². The molecule has 0 aliphatic carbocycles. The van der Waals surface area contributed by atoms with E-state index in [1.165, 1.54) is 17.4 Å². The molecule has 0 fully saturated rings. The van der Waals surface area contributed by atoms with Crippen molar-refractivity contribution in [3.05, 3.63) is 24.3 Å². The highest BCUT2D eigenvalue weighted by atomic mass is 32.2. The largest absolute Gasteiger partial charge is 0.378 e. The van der Waals surface area contributed by atoms with E-state index < -0.39 is 0 Å². The molecule has 4 heteroatoms. The summed E-state index contributed by atoms with van der Waals surface area (Å²) in [6.45, 7) is 6.30. The van der Waals surface area contributed by atoms with Gasteiger partial charge in [-0.2, -0.15) is 0 Å². The number of thioether (sulfide) groups is 1. The normalized spacial score (nSPS) is 10.0. The monoisotopic (exact) mass is 223 g/mol. The summed E-state index contributed by atoms with van der Waals surface area (Å²) >= 11 is 1.28. The quantitative estimate of drug-likeness (QED) is 0.468. The average Bonchev–Trinajstić information content (AvgIpc) is 2.21. The minimum absolute atomic E-state index is 0.130. The second kappa shape index (κ2) is 5.66. The van der Waals surface area contributed by atoms with Crippen LogP contribution >= 0.6 is 11.8 Å². The molecule has 15 heavy (non-hydrogen) atoms. The molecule has 0 spiro atoms. The molecule has 1 aromatic carbocycles. The molecule has 0 bridgehead atoms. The molecule has 0 saturated carbocycles. The molecule has 0 aliphatic heterocycles. The van der Waals surface area contributed by atoms with Crippen LogP contribution in [0.15, 0.2) is 29.2 Å². The van der Waals surface area contributed by atoms with E-state index in [1.54, 1.807) is 0 Å². The molecule has 0 amide bonds. The van der Waals surface area contributed by atoms with Gasteiger partial charge in [0.1, 0.15) is 0 Å².